The van der Waals surface area contributed by atoms with Crippen LogP contribution in [0.2, 0.25) is 0 Å². The Morgan fingerprint density at radius 2 is 1.94 bits per heavy atom. The lowest BCUT2D eigenvalue weighted by Gasteiger charge is -2.32. The number of carbonyl (C=O) groups is 3. The third kappa shape index (κ3) is 4.35. The number of ketones is 1. The first-order chi connectivity index (χ1) is 14.8. The zero-order chi connectivity index (χ0) is 22.1. The molecule has 1 saturated heterocycles. The molecule has 1 aromatic carbocycles. The van der Waals surface area contributed by atoms with Gasteiger partial charge in [-0.05, 0) is 49.9 Å². The molecule has 1 aromatic heterocycles. The van der Waals surface area contributed by atoms with E-state index in [1.165, 1.54) is 6.92 Å². The summed E-state index contributed by atoms with van der Waals surface area (Å²) in [6.45, 7) is 5.16. The number of hydrogen-bond acceptors (Lipinski definition) is 6. The molecule has 31 heavy (non-hydrogen) atoms. The molecule has 9 heteroatoms. The van der Waals surface area contributed by atoms with E-state index in [0.29, 0.717) is 23.1 Å². The lowest BCUT2D eigenvalue weighted by molar-refractivity contribution is -0.123. The summed E-state index contributed by atoms with van der Waals surface area (Å²) < 4.78 is 0. The summed E-state index contributed by atoms with van der Waals surface area (Å²) >= 11 is 0. The first-order valence-corrected chi connectivity index (χ1v) is 10.4. The largest absolute Gasteiger partial charge is 0.342 e. The molecule has 3 N–H and O–H groups in total. The van der Waals surface area contributed by atoms with Crippen LogP contribution in [0.25, 0.3) is 0 Å². The summed E-state index contributed by atoms with van der Waals surface area (Å²) in [7, 11) is 0. The summed E-state index contributed by atoms with van der Waals surface area (Å²) in [4.78, 5) is 58.8. The number of piperidine rings is 1. The number of H-pyrrole nitrogens is 1. The number of amides is 2. The molecule has 0 spiro atoms. The Morgan fingerprint density at radius 1 is 1.19 bits per heavy atom. The van der Waals surface area contributed by atoms with Gasteiger partial charge in [0, 0.05) is 30.8 Å². The van der Waals surface area contributed by atoms with Crippen LogP contribution in [0, 0.1) is 5.92 Å². The number of nitrogens with one attached hydrogen (secondary N) is 3. The van der Waals surface area contributed by atoms with E-state index in [2.05, 4.69) is 27.5 Å². The van der Waals surface area contributed by atoms with Crippen molar-refractivity contribution in [2.45, 2.75) is 39.0 Å². The van der Waals surface area contributed by atoms with Crippen LogP contribution in [-0.2, 0) is 9.59 Å². The van der Waals surface area contributed by atoms with Gasteiger partial charge in [0.25, 0.3) is 5.56 Å². The normalized spacial score (nSPS) is 20.6. The molecule has 0 radical (unpaired) electrons. The zero-order valence-corrected chi connectivity index (χ0v) is 17.5. The van der Waals surface area contributed by atoms with Gasteiger partial charge in [-0.2, -0.15) is 4.98 Å². The van der Waals surface area contributed by atoms with Crippen molar-refractivity contribution in [2.75, 3.05) is 28.6 Å². The van der Waals surface area contributed by atoms with Gasteiger partial charge >= 0.3 is 0 Å². The molecule has 3 heterocycles. The smallest absolute Gasteiger partial charge is 0.258 e. The molecule has 0 saturated carbocycles. The fourth-order valence-electron chi connectivity index (χ4n) is 4.13. The number of nitrogens with zero attached hydrogens (tertiary/aromatic N) is 2. The predicted octanol–water partition coefficient (Wildman–Crippen LogP) is 2.27. The molecule has 2 aromatic rings. The van der Waals surface area contributed by atoms with E-state index in [0.717, 1.165) is 25.9 Å². The van der Waals surface area contributed by atoms with Crippen molar-refractivity contribution in [3.05, 3.63) is 45.7 Å². The quantitative estimate of drug-likeness (QED) is 0.648. The van der Waals surface area contributed by atoms with Crippen LogP contribution in [0.1, 0.15) is 54.9 Å². The van der Waals surface area contributed by atoms with E-state index in [1.54, 1.807) is 24.3 Å². The van der Waals surface area contributed by atoms with E-state index in [1.807, 2.05) is 4.90 Å². The number of rotatable bonds is 4. The lowest BCUT2D eigenvalue weighted by atomic mass is 9.92. The minimum Gasteiger partial charge on any atom is -0.342 e. The molecule has 9 nitrogen and oxygen atoms in total. The molecular formula is C22H25N5O4. The Morgan fingerprint density at radius 3 is 2.61 bits per heavy atom. The molecule has 2 aliphatic heterocycles. The van der Waals surface area contributed by atoms with Crippen molar-refractivity contribution in [3.63, 3.8) is 0 Å². The predicted molar refractivity (Wildman–Crippen MR) is 117 cm³/mol. The molecule has 2 atom stereocenters. The molecule has 2 amide bonds. The number of carbonyl (C=O) groups excluding carboxylic acids is 3. The third-order valence-electron chi connectivity index (χ3n) is 5.77. The van der Waals surface area contributed by atoms with Crippen molar-refractivity contribution in [3.8, 4) is 0 Å². The summed E-state index contributed by atoms with van der Waals surface area (Å²) in [5.74, 6) is -0.836. The minimum atomic E-state index is -0.957. The van der Waals surface area contributed by atoms with Gasteiger partial charge in [0.1, 0.15) is 5.82 Å². The second-order valence-electron chi connectivity index (χ2n) is 8.27. The minimum absolute atomic E-state index is 0.0766. The van der Waals surface area contributed by atoms with Crippen molar-refractivity contribution in [1.82, 2.24) is 9.97 Å². The maximum absolute atomic E-state index is 12.9. The molecule has 0 bridgehead atoms. The van der Waals surface area contributed by atoms with Gasteiger partial charge in [0.05, 0.1) is 11.5 Å². The lowest BCUT2D eigenvalue weighted by Crippen LogP contribution is -2.40. The van der Waals surface area contributed by atoms with Crippen LogP contribution in [0.3, 0.4) is 0 Å². The maximum Gasteiger partial charge on any atom is 0.258 e. The SMILES string of the molecule is CC(=O)c1ccc(NC(=O)[C@@H]2CC(=O)Nc3nc(N4CCC[C@@H](C)C4)[nH]c(=O)c32)cc1. The highest BCUT2D eigenvalue weighted by Gasteiger charge is 2.35. The van der Waals surface area contributed by atoms with Crippen LogP contribution < -0.4 is 21.1 Å². The van der Waals surface area contributed by atoms with Gasteiger partial charge in [-0.3, -0.25) is 24.2 Å². The molecule has 0 unspecified atom stereocenters. The number of hydrogen-bond donors (Lipinski definition) is 3. The Bertz CT molecular complexity index is 1090. The fourth-order valence-corrected chi connectivity index (χ4v) is 4.13. The Labute approximate surface area is 179 Å². The molecular weight excluding hydrogens is 398 g/mol. The van der Waals surface area contributed by atoms with Gasteiger partial charge < -0.3 is 15.5 Å². The van der Waals surface area contributed by atoms with Crippen molar-refractivity contribution in [2.24, 2.45) is 5.92 Å². The van der Waals surface area contributed by atoms with Crippen molar-refractivity contribution < 1.29 is 14.4 Å². The van der Waals surface area contributed by atoms with Crippen LogP contribution in [0.5, 0.6) is 0 Å². The number of fused-ring (bicyclic) bond motifs is 1. The maximum atomic E-state index is 12.9. The zero-order valence-electron chi connectivity index (χ0n) is 17.5. The highest BCUT2D eigenvalue weighted by atomic mass is 16.2. The van der Waals surface area contributed by atoms with Gasteiger partial charge in [-0.1, -0.05) is 6.92 Å². The number of anilines is 3. The van der Waals surface area contributed by atoms with Gasteiger partial charge in [-0.25, -0.2) is 0 Å². The van der Waals surface area contributed by atoms with E-state index in [4.69, 9.17) is 0 Å². The summed E-state index contributed by atoms with van der Waals surface area (Å²) in [6, 6.07) is 6.45. The molecule has 0 aliphatic carbocycles. The average Bonchev–Trinajstić information content (AvgIpc) is 2.73. The highest BCUT2D eigenvalue weighted by Crippen LogP contribution is 2.31. The Balaban J connectivity index is 1.60. The van der Waals surface area contributed by atoms with Gasteiger partial charge in [0.2, 0.25) is 17.8 Å². The Hall–Kier alpha value is -3.49. The Kier molecular flexibility index (Phi) is 5.58. The first kappa shape index (κ1) is 20.8. The van der Waals surface area contributed by atoms with E-state index >= 15 is 0 Å². The second kappa shape index (κ2) is 8.33. The standard InChI is InChI=1S/C22H25N5O4/c1-12-4-3-9-27(11-12)22-25-19-18(21(31)26-22)16(10-17(29)24-19)20(30)23-15-7-5-14(6-8-15)13(2)28/h5-8,12,16H,3-4,9-11H2,1-2H3,(H,23,30)(H2,24,25,26,29,31)/t12-,16-/m1/s1. The fraction of sp³-hybridized carbons (Fsp3) is 0.409. The van der Waals surface area contributed by atoms with Crippen LogP contribution in [0.15, 0.2) is 29.1 Å². The number of aromatic amines is 1. The molecule has 4 rings (SSSR count). The monoisotopic (exact) mass is 423 g/mol. The van der Waals surface area contributed by atoms with Crippen molar-refractivity contribution >= 4 is 35.1 Å². The third-order valence-corrected chi connectivity index (χ3v) is 5.77. The molecule has 2 aliphatic rings. The van der Waals surface area contributed by atoms with E-state index in [-0.39, 0.29) is 29.5 Å². The van der Waals surface area contributed by atoms with E-state index < -0.39 is 17.4 Å². The molecule has 162 valence electrons. The average molecular weight is 423 g/mol. The summed E-state index contributed by atoms with van der Waals surface area (Å²) in [6.07, 6.45) is 1.98. The summed E-state index contributed by atoms with van der Waals surface area (Å²) in [5.41, 5.74) is 0.739. The van der Waals surface area contributed by atoms with E-state index in [9.17, 15) is 19.2 Å². The van der Waals surface area contributed by atoms with Crippen LogP contribution >= 0.6 is 0 Å². The van der Waals surface area contributed by atoms with Gasteiger partial charge in [-0.15, -0.1) is 0 Å². The van der Waals surface area contributed by atoms with Gasteiger partial charge in [0.15, 0.2) is 5.78 Å². The topological polar surface area (TPSA) is 124 Å². The number of benzene rings is 1. The van der Waals surface area contributed by atoms with Crippen LogP contribution in [-0.4, -0.2) is 40.7 Å². The summed E-state index contributed by atoms with van der Waals surface area (Å²) in [5, 5.41) is 5.37. The first-order valence-electron chi connectivity index (χ1n) is 10.4. The van der Waals surface area contributed by atoms with Crippen LogP contribution in [0.4, 0.5) is 17.5 Å². The number of aromatic nitrogens is 2. The second-order valence-corrected chi connectivity index (χ2v) is 8.27. The van der Waals surface area contributed by atoms with Crippen molar-refractivity contribution in [1.29, 1.82) is 0 Å². The highest BCUT2D eigenvalue weighted by molar-refractivity contribution is 6.04. The number of Topliss-reactive ketones (excluding diaryl/α,β-unsaturated/α-hetero) is 1. The molecule has 1 fully saturated rings.